The van der Waals surface area contributed by atoms with Crippen molar-refractivity contribution < 1.29 is 61.9 Å². The van der Waals surface area contributed by atoms with Crippen molar-refractivity contribution >= 4 is 35.8 Å². The van der Waals surface area contributed by atoms with Gasteiger partial charge in [-0.2, -0.15) is 0 Å². The maximum absolute atomic E-state index is 12.6. The van der Waals surface area contributed by atoms with Crippen LogP contribution in [0.3, 0.4) is 0 Å². The fourth-order valence-corrected chi connectivity index (χ4v) is 3.56. The van der Waals surface area contributed by atoms with Gasteiger partial charge in [-0.25, -0.2) is 9.59 Å². The zero-order valence-corrected chi connectivity index (χ0v) is 23.7. The Morgan fingerprint density at radius 3 is 1.55 bits per heavy atom. The molecule has 5 atom stereocenters. The van der Waals surface area contributed by atoms with Crippen LogP contribution in [0.1, 0.15) is 79.1 Å². The summed E-state index contributed by atoms with van der Waals surface area (Å²) >= 11 is 0. The van der Waals surface area contributed by atoms with Gasteiger partial charge in [0.15, 0.2) is 12.2 Å². The summed E-state index contributed by atoms with van der Waals surface area (Å²) in [7, 11) is 1.12. The van der Waals surface area contributed by atoms with Gasteiger partial charge in [0.05, 0.1) is 7.11 Å². The van der Waals surface area contributed by atoms with Gasteiger partial charge in [0.25, 0.3) is 0 Å². The number of carbonyl (C=O) groups is 6. The van der Waals surface area contributed by atoms with Crippen molar-refractivity contribution in [1.82, 2.24) is 0 Å². The molecule has 0 saturated carbocycles. The van der Waals surface area contributed by atoms with Gasteiger partial charge in [-0.05, 0) is 25.7 Å². The minimum atomic E-state index is -1.69. The molecular formula is C27H40O13. The largest absolute Gasteiger partial charge is 0.466 e. The summed E-state index contributed by atoms with van der Waals surface area (Å²) in [4.78, 5) is 73.7. The Bertz CT molecular complexity index is 897. The van der Waals surface area contributed by atoms with E-state index in [9.17, 15) is 28.8 Å². The lowest BCUT2D eigenvalue weighted by atomic mass is 9.97. The lowest BCUT2D eigenvalue weighted by molar-refractivity contribution is -0.300. The SMILES string of the molecule is CCCC(=O)OC[C@H]1O[C@H](OC(=O)/C=C/C(=O)OC)C(OC(=O)CCC)[C@@H](OC(=O)CCC)[C@@H]1OC(=O)CCC. The highest BCUT2D eigenvalue weighted by Crippen LogP contribution is 2.31. The summed E-state index contributed by atoms with van der Waals surface area (Å²) in [6, 6.07) is 0. The van der Waals surface area contributed by atoms with E-state index in [0.717, 1.165) is 19.3 Å². The Balaban J connectivity index is 3.52. The molecule has 1 rings (SSSR count). The molecule has 13 heteroatoms. The number of methoxy groups -OCH3 is 1. The van der Waals surface area contributed by atoms with Gasteiger partial charge in [0.1, 0.15) is 12.7 Å². The summed E-state index contributed by atoms with van der Waals surface area (Å²) in [6.45, 7) is 6.57. The molecular weight excluding hydrogens is 532 g/mol. The first kappa shape index (κ1) is 34.5. The summed E-state index contributed by atoms with van der Waals surface area (Å²) in [5.41, 5.74) is 0. The molecule has 0 aromatic heterocycles. The molecule has 0 spiro atoms. The van der Waals surface area contributed by atoms with Crippen LogP contribution in [0.4, 0.5) is 0 Å². The third-order valence-corrected chi connectivity index (χ3v) is 5.41. The Morgan fingerprint density at radius 2 is 1.05 bits per heavy atom. The Labute approximate surface area is 233 Å². The maximum atomic E-state index is 12.6. The minimum Gasteiger partial charge on any atom is -0.466 e. The summed E-state index contributed by atoms with van der Waals surface area (Å²) in [5.74, 6) is -4.54. The van der Waals surface area contributed by atoms with E-state index in [2.05, 4.69) is 4.74 Å². The molecule has 13 nitrogen and oxygen atoms in total. The number of hydrogen-bond acceptors (Lipinski definition) is 13. The van der Waals surface area contributed by atoms with Crippen LogP contribution in [0, 0.1) is 0 Å². The van der Waals surface area contributed by atoms with Crippen molar-refractivity contribution in [3.8, 4) is 0 Å². The average Bonchev–Trinajstić information content (AvgIpc) is 2.90. The highest BCUT2D eigenvalue weighted by Gasteiger charge is 2.54. The second-order valence-electron chi connectivity index (χ2n) is 8.88. The van der Waals surface area contributed by atoms with Crippen molar-refractivity contribution in [3.05, 3.63) is 12.2 Å². The number of carbonyl (C=O) groups excluding carboxylic acids is 6. The van der Waals surface area contributed by atoms with Gasteiger partial charge >= 0.3 is 35.8 Å². The Kier molecular flexibility index (Phi) is 16.2. The molecule has 40 heavy (non-hydrogen) atoms. The van der Waals surface area contributed by atoms with Crippen LogP contribution in [0.2, 0.25) is 0 Å². The van der Waals surface area contributed by atoms with Crippen LogP contribution >= 0.6 is 0 Å². The molecule has 0 radical (unpaired) electrons. The maximum Gasteiger partial charge on any atom is 0.333 e. The van der Waals surface area contributed by atoms with Crippen LogP contribution < -0.4 is 0 Å². The molecule has 0 amide bonds. The molecule has 1 aliphatic heterocycles. The highest BCUT2D eigenvalue weighted by atomic mass is 16.7. The van der Waals surface area contributed by atoms with Crippen molar-refractivity contribution in [1.29, 1.82) is 0 Å². The first-order valence-corrected chi connectivity index (χ1v) is 13.5. The summed E-state index contributed by atoms with van der Waals surface area (Å²) in [5, 5.41) is 0. The lowest BCUT2D eigenvalue weighted by Crippen LogP contribution is -2.63. The lowest BCUT2D eigenvalue weighted by Gasteiger charge is -2.43. The van der Waals surface area contributed by atoms with E-state index in [1.807, 2.05) is 0 Å². The minimum absolute atomic E-state index is 0.00885. The van der Waals surface area contributed by atoms with Gasteiger partial charge in [-0.3, -0.25) is 19.2 Å². The Morgan fingerprint density at radius 1 is 0.600 bits per heavy atom. The second kappa shape index (κ2) is 18.7. The first-order chi connectivity index (χ1) is 19.1. The van der Waals surface area contributed by atoms with Crippen LogP contribution in [-0.2, 0) is 61.9 Å². The van der Waals surface area contributed by atoms with E-state index in [1.165, 1.54) is 0 Å². The normalized spacial score (nSPS) is 22.2. The van der Waals surface area contributed by atoms with E-state index in [-0.39, 0.29) is 25.7 Å². The third-order valence-electron chi connectivity index (χ3n) is 5.41. The van der Waals surface area contributed by atoms with Crippen molar-refractivity contribution in [2.75, 3.05) is 13.7 Å². The highest BCUT2D eigenvalue weighted by molar-refractivity contribution is 5.91. The summed E-state index contributed by atoms with van der Waals surface area (Å²) in [6.07, 6.45) is -3.90. The van der Waals surface area contributed by atoms with Gasteiger partial charge in [0, 0.05) is 37.8 Å². The van der Waals surface area contributed by atoms with E-state index in [1.54, 1.807) is 27.7 Å². The summed E-state index contributed by atoms with van der Waals surface area (Å²) < 4.78 is 37.7. The van der Waals surface area contributed by atoms with E-state index >= 15 is 0 Å². The fourth-order valence-electron chi connectivity index (χ4n) is 3.56. The van der Waals surface area contributed by atoms with Crippen LogP contribution in [0.5, 0.6) is 0 Å². The molecule has 226 valence electrons. The van der Waals surface area contributed by atoms with Gasteiger partial charge < -0.3 is 33.2 Å². The molecule has 1 aliphatic rings. The molecule has 0 aromatic rings. The zero-order valence-electron chi connectivity index (χ0n) is 23.7. The average molecular weight is 573 g/mol. The topological polar surface area (TPSA) is 167 Å². The van der Waals surface area contributed by atoms with Crippen molar-refractivity contribution in [2.45, 2.75) is 110 Å². The zero-order chi connectivity index (χ0) is 30.1. The van der Waals surface area contributed by atoms with Crippen molar-refractivity contribution in [3.63, 3.8) is 0 Å². The van der Waals surface area contributed by atoms with E-state index in [0.29, 0.717) is 25.7 Å². The number of rotatable bonds is 16. The molecule has 0 aliphatic carbocycles. The van der Waals surface area contributed by atoms with Crippen LogP contribution in [-0.4, -0.2) is 80.2 Å². The molecule has 1 saturated heterocycles. The second-order valence-corrected chi connectivity index (χ2v) is 8.88. The van der Waals surface area contributed by atoms with Crippen LogP contribution in [0.25, 0.3) is 0 Å². The Hall–Kier alpha value is -3.48. The molecule has 1 unspecified atom stereocenters. The molecule has 0 N–H and O–H groups in total. The number of hydrogen-bond donors (Lipinski definition) is 0. The number of esters is 6. The molecule has 1 heterocycles. The van der Waals surface area contributed by atoms with Crippen LogP contribution in [0.15, 0.2) is 12.2 Å². The quantitative estimate of drug-likeness (QED) is 0.150. The predicted octanol–water partition coefficient (Wildman–Crippen LogP) is 2.46. The molecule has 0 aromatic carbocycles. The number of ether oxygens (including phenoxy) is 7. The third kappa shape index (κ3) is 12.1. The fraction of sp³-hybridized carbons (Fsp3) is 0.704. The van der Waals surface area contributed by atoms with Gasteiger partial charge in [-0.1, -0.05) is 27.7 Å². The van der Waals surface area contributed by atoms with Gasteiger partial charge in [-0.15, -0.1) is 0 Å². The standard InChI is InChI=1S/C27H40O13/c1-6-10-19(29)35-16-17-24(37-20(30)11-7-2)25(38-21(31)12-8-3)26(39-22(32)13-9-4)27(36-17)40-23(33)15-14-18(28)34-5/h14-15,17,24-27H,6-13,16H2,1-5H3/b15-14+/t17-,24-,25+,26?,27-/m1/s1. The molecule has 0 bridgehead atoms. The first-order valence-electron chi connectivity index (χ1n) is 13.5. The van der Waals surface area contributed by atoms with Gasteiger partial charge in [0.2, 0.25) is 12.4 Å². The van der Waals surface area contributed by atoms with E-state index < -0.39 is 73.1 Å². The predicted molar refractivity (Wildman–Crippen MR) is 136 cm³/mol. The van der Waals surface area contributed by atoms with Crippen molar-refractivity contribution in [2.24, 2.45) is 0 Å². The van der Waals surface area contributed by atoms with E-state index in [4.69, 9.17) is 28.4 Å². The molecule has 1 fully saturated rings. The smallest absolute Gasteiger partial charge is 0.333 e. The monoisotopic (exact) mass is 572 g/mol.